The number of rotatable bonds is 4. The molecule has 1 aromatic carbocycles. The maximum Gasteiger partial charge on any atom is 0.252 e. The molecular formula is C13H14FN3O. The number of nitrogens with one attached hydrogen (secondary N) is 2. The maximum atomic E-state index is 13.0. The Kier molecular flexibility index (Phi) is 3.72. The number of hydrogen-bond acceptors (Lipinski definition) is 3. The van der Waals surface area contributed by atoms with Crippen LogP contribution in [0.2, 0.25) is 0 Å². The minimum Gasteiger partial charge on any atom is -0.326 e. The summed E-state index contributed by atoms with van der Waals surface area (Å²) in [6.07, 6.45) is 1.65. The lowest BCUT2D eigenvalue weighted by Crippen LogP contribution is -2.12. The summed E-state index contributed by atoms with van der Waals surface area (Å²) < 4.78 is 13.0. The van der Waals surface area contributed by atoms with Gasteiger partial charge in [0.2, 0.25) is 5.95 Å². The topological polar surface area (TPSA) is 57.8 Å². The number of hydrogen-bond donors (Lipinski definition) is 2. The zero-order valence-corrected chi connectivity index (χ0v) is 10.0. The molecule has 4 nitrogen and oxygen atoms in total. The zero-order valence-electron chi connectivity index (χ0n) is 10.0. The van der Waals surface area contributed by atoms with E-state index in [0.29, 0.717) is 11.6 Å². The molecule has 0 atom stereocenters. The Labute approximate surface area is 104 Å². The molecule has 0 bridgehead atoms. The highest BCUT2D eigenvalue weighted by Gasteiger charge is 2.02. The van der Waals surface area contributed by atoms with Crippen molar-refractivity contribution in [3.63, 3.8) is 0 Å². The Bertz CT molecular complexity index is 595. The van der Waals surface area contributed by atoms with E-state index in [2.05, 4.69) is 15.3 Å². The normalized spacial score (nSPS) is 10.3. The summed E-state index contributed by atoms with van der Waals surface area (Å²) >= 11 is 0. The van der Waals surface area contributed by atoms with Gasteiger partial charge in [0.25, 0.3) is 5.56 Å². The predicted molar refractivity (Wildman–Crippen MR) is 68.5 cm³/mol. The standard InChI is InChI=1S/C13H14FN3O/c1-2-4-10-8-12(18)17-13(15-10)16-11-6-3-5-9(14)7-11/h3,5-8H,2,4H2,1H3,(H2,15,16,17,18). The van der Waals surface area contributed by atoms with E-state index in [9.17, 15) is 9.18 Å². The predicted octanol–water partition coefficient (Wildman–Crippen LogP) is 2.61. The molecule has 1 heterocycles. The molecule has 0 spiro atoms. The minimum absolute atomic E-state index is 0.215. The van der Waals surface area contributed by atoms with Gasteiger partial charge in [0.15, 0.2) is 0 Å². The first-order valence-electron chi connectivity index (χ1n) is 5.80. The number of benzene rings is 1. The molecule has 2 aromatic rings. The Morgan fingerprint density at radius 2 is 2.22 bits per heavy atom. The molecule has 0 radical (unpaired) electrons. The molecule has 0 aliphatic carbocycles. The Hall–Kier alpha value is -2.17. The van der Waals surface area contributed by atoms with Gasteiger partial charge in [0, 0.05) is 17.4 Å². The van der Waals surface area contributed by atoms with Crippen LogP contribution in [0, 0.1) is 5.82 Å². The van der Waals surface area contributed by atoms with Crippen LogP contribution in [-0.2, 0) is 6.42 Å². The van der Waals surface area contributed by atoms with Crippen molar-refractivity contribution in [3.05, 3.63) is 52.2 Å². The van der Waals surface area contributed by atoms with E-state index in [1.165, 1.54) is 18.2 Å². The average Bonchev–Trinajstić information content (AvgIpc) is 2.28. The fraction of sp³-hybridized carbons (Fsp3) is 0.231. The van der Waals surface area contributed by atoms with Crippen molar-refractivity contribution in [1.29, 1.82) is 0 Å². The summed E-state index contributed by atoms with van der Waals surface area (Å²) in [5.41, 5.74) is 1.05. The van der Waals surface area contributed by atoms with Crippen molar-refractivity contribution >= 4 is 11.6 Å². The van der Waals surface area contributed by atoms with Crippen LogP contribution < -0.4 is 10.9 Å². The van der Waals surface area contributed by atoms with Gasteiger partial charge in [0.05, 0.1) is 0 Å². The van der Waals surface area contributed by atoms with Gasteiger partial charge in [-0.3, -0.25) is 9.78 Å². The SMILES string of the molecule is CCCc1cc(=O)[nH]c(Nc2cccc(F)c2)n1. The van der Waals surface area contributed by atoms with Crippen molar-refractivity contribution in [1.82, 2.24) is 9.97 Å². The highest BCUT2D eigenvalue weighted by molar-refractivity contribution is 5.52. The molecule has 0 saturated carbocycles. The van der Waals surface area contributed by atoms with Gasteiger partial charge in [-0.15, -0.1) is 0 Å². The van der Waals surface area contributed by atoms with Crippen molar-refractivity contribution in [2.75, 3.05) is 5.32 Å². The molecular weight excluding hydrogens is 233 g/mol. The van der Waals surface area contributed by atoms with Crippen LogP contribution in [0.5, 0.6) is 0 Å². The molecule has 0 saturated heterocycles. The number of aryl methyl sites for hydroxylation is 1. The lowest BCUT2D eigenvalue weighted by molar-refractivity contribution is 0.628. The van der Waals surface area contributed by atoms with Gasteiger partial charge in [0.1, 0.15) is 5.82 Å². The van der Waals surface area contributed by atoms with E-state index in [-0.39, 0.29) is 11.4 Å². The summed E-state index contributed by atoms with van der Waals surface area (Å²) in [5, 5.41) is 2.88. The van der Waals surface area contributed by atoms with Crippen molar-refractivity contribution in [2.45, 2.75) is 19.8 Å². The fourth-order valence-electron chi connectivity index (χ4n) is 1.65. The van der Waals surface area contributed by atoms with Crippen molar-refractivity contribution in [3.8, 4) is 0 Å². The smallest absolute Gasteiger partial charge is 0.252 e. The second kappa shape index (κ2) is 5.44. The first kappa shape index (κ1) is 12.3. The molecule has 0 fully saturated rings. The average molecular weight is 247 g/mol. The van der Waals surface area contributed by atoms with E-state index < -0.39 is 0 Å². The summed E-state index contributed by atoms with van der Waals surface area (Å²) in [6.45, 7) is 2.02. The van der Waals surface area contributed by atoms with Crippen LogP contribution in [0.15, 0.2) is 35.1 Å². The Balaban J connectivity index is 2.26. The molecule has 0 aliphatic heterocycles. The molecule has 2 rings (SSSR count). The number of halogens is 1. The summed E-state index contributed by atoms with van der Waals surface area (Å²) in [5.74, 6) is -0.0105. The van der Waals surface area contributed by atoms with Gasteiger partial charge in [-0.2, -0.15) is 0 Å². The third-order valence-corrected chi connectivity index (χ3v) is 2.39. The second-order valence-corrected chi connectivity index (χ2v) is 3.97. The van der Waals surface area contributed by atoms with Crippen LogP contribution in [0.4, 0.5) is 16.0 Å². The first-order chi connectivity index (χ1) is 8.67. The number of aromatic nitrogens is 2. The van der Waals surface area contributed by atoms with E-state index in [1.54, 1.807) is 12.1 Å². The third kappa shape index (κ3) is 3.16. The maximum absolute atomic E-state index is 13.0. The Morgan fingerprint density at radius 3 is 2.94 bits per heavy atom. The van der Waals surface area contributed by atoms with Crippen LogP contribution in [0.25, 0.3) is 0 Å². The molecule has 1 aromatic heterocycles. The minimum atomic E-state index is -0.341. The lowest BCUT2D eigenvalue weighted by Gasteiger charge is -2.06. The van der Waals surface area contributed by atoms with Gasteiger partial charge in [-0.1, -0.05) is 19.4 Å². The van der Waals surface area contributed by atoms with Gasteiger partial charge in [-0.05, 0) is 24.6 Å². The van der Waals surface area contributed by atoms with Crippen molar-refractivity contribution in [2.24, 2.45) is 0 Å². The molecule has 0 unspecified atom stereocenters. The number of anilines is 2. The van der Waals surface area contributed by atoms with E-state index in [0.717, 1.165) is 18.5 Å². The van der Waals surface area contributed by atoms with Crippen LogP contribution in [0.3, 0.4) is 0 Å². The molecule has 0 amide bonds. The molecule has 94 valence electrons. The first-order valence-corrected chi connectivity index (χ1v) is 5.80. The van der Waals surface area contributed by atoms with Crippen LogP contribution >= 0.6 is 0 Å². The third-order valence-electron chi connectivity index (χ3n) is 2.39. The molecule has 5 heteroatoms. The highest BCUT2D eigenvalue weighted by atomic mass is 19.1. The number of nitrogens with zero attached hydrogens (tertiary/aromatic N) is 1. The summed E-state index contributed by atoms with van der Waals surface area (Å²) in [7, 11) is 0. The monoisotopic (exact) mass is 247 g/mol. The van der Waals surface area contributed by atoms with Crippen molar-refractivity contribution < 1.29 is 4.39 Å². The quantitative estimate of drug-likeness (QED) is 0.873. The lowest BCUT2D eigenvalue weighted by atomic mass is 10.2. The molecule has 18 heavy (non-hydrogen) atoms. The second-order valence-electron chi connectivity index (χ2n) is 3.97. The van der Waals surface area contributed by atoms with E-state index in [1.807, 2.05) is 6.92 Å². The van der Waals surface area contributed by atoms with Gasteiger partial charge in [-0.25, -0.2) is 9.37 Å². The Morgan fingerprint density at radius 1 is 1.39 bits per heavy atom. The largest absolute Gasteiger partial charge is 0.326 e. The number of H-pyrrole nitrogens is 1. The van der Waals surface area contributed by atoms with Crippen LogP contribution in [-0.4, -0.2) is 9.97 Å². The zero-order chi connectivity index (χ0) is 13.0. The fourth-order valence-corrected chi connectivity index (χ4v) is 1.65. The molecule has 2 N–H and O–H groups in total. The highest BCUT2D eigenvalue weighted by Crippen LogP contribution is 2.13. The summed E-state index contributed by atoms with van der Waals surface area (Å²) in [6, 6.07) is 7.46. The number of aromatic amines is 1. The van der Waals surface area contributed by atoms with Gasteiger partial charge < -0.3 is 5.32 Å². The summed E-state index contributed by atoms with van der Waals surface area (Å²) in [4.78, 5) is 18.3. The van der Waals surface area contributed by atoms with Crippen LogP contribution in [0.1, 0.15) is 19.0 Å². The molecule has 0 aliphatic rings. The van der Waals surface area contributed by atoms with E-state index >= 15 is 0 Å². The van der Waals surface area contributed by atoms with E-state index in [4.69, 9.17) is 0 Å². The van der Waals surface area contributed by atoms with Gasteiger partial charge >= 0.3 is 0 Å².